The van der Waals surface area contributed by atoms with E-state index >= 15 is 0 Å². The van der Waals surface area contributed by atoms with Crippen molar-refractivity contribution in [2.24, 2.45) is 11.7 Å². The molecule has 3 heteroatoms. The third kappa shape index (κ3) is 3.80. The lowest BCUT2D eigenvalue weighted by atomic mass is 9.78. The molecule has 0 bridgehead atoms. The molecule has 3 N–H and O–H groups in total. The lowest BCUT2D eigenvalue weighted by Crippen LogP contribution is -2.52. The summed E-state index contributed by atoms with van der Waals surface area (Å²) in [6, 6.07) is 9.78. The highest BCUT2D eigenvalue weighted by molar-refractivity contribution is 5.82. The third-order valence-electron chi connectivity index (χ3n) is 3.98. The van der Waals surface area contributed by atoms with Gasteiger partial charge in [-0.05, 0) is 18.4 Å². The largest absolute Gasteiger partial charge is 0.351 e. The Kier molecular flexibility index (Phi) is 5.12. The van der Waals surface area contributed by atoms with E-state index < -0.39 is 6.04 Å². The molecule has 0 saturated carbocycles. The van der Waals surface area contributed by atoms with Crippen molar-refractivity contribution < 1.29 is 4.79 Å². The van der Waals surface area contributed by atoms with Crippen molar-refractivity contribution >= 4 is 5.91 Å². The lowest BCUT2D eigenvalue weighted by molar-refractivity contribution is -0.124. The predicted octanol–water partition coefficient (Wildman–Crippen LogP) is 2.45. The molecule has 0 aromatic heterocycles. The Morgan fingerprint density at radius 1 is 1.16 bits per heavy atom. The number of rotatable bonds is 5. The Morgan fingerprint density at radius 2 is 1.68 bits per heavy atom. The highest BCUT2D eigenvalue weighted by Gasteiger charge is 2.30. The minimum absolute atomic E-state index is 0.0206. The Balaban J connectivity index is 2.77. The molecule has 0 spiro atoms. The monoisotopic (exact) mass is 262 g/mol. The van der Waals surface area contributed by atoms with Crippen LogP contribution in [0.4, 0.5) is 0 Å². The summed E-state index contributed by atoms with van der Waals surface area (Å²) >= 11 is 0. The minimum atomic E-state index is -0.450. The Morgan fingerprint density at radius 3 is 2.16 bits per heavy atom. The van der Waals surface area contributed by atoms with E-state index in [1.54, 1.807) is 0 Å². The third-order valence-corrected chi connectivity index (χ3v) is 3.98. The van der Waals surface area contributed by atoms with Gasteiger partial charge >= 0.3 is 0 Å². The van der Waals surface area contributed by atoms with Crippen LogP contribution in [0.1, 0.15) is 40.2 Å². The molecule has 0 radical (unpaired) electrons. The van der Waals surface area contributed by atoms with E-state index in [0.29, 0.717) is 0 Å². The highest BCUT2D eigenvalue weighted by atomic mass is 16.2. The van der Waals surface area contributed by atoms with Crippen molar-refractivity contribution in [1.29, 1.82) is 0 Å². The van der Waals surface area contributed by atoms with Gasteiger partial charge in [-0.3, -0.25) is 4.79 Å². The van der Waals surface area contributed by atoms with E-state index in [0.717, 1.165) is 0 Å². The molecule has 0 heterocycles. The molecule has 3 nitrogen and oxygen atoms in total. The van der Waals surface area contributed by atoms with Crippen LogP contribution in [0.15, 0.2) is 30.3 Å². The number of nitrogens with two attached hydrogens (primary N) is 1. The maximum Gasteiger partial charge on any atom is 0.237 e. The number of hydrogen-bond acceptors (Lipinski definition) is 2. The fourth-order valence-electron chi connectivity index (χ4n) is 1.91. The maximum atomic E-state index is 12.0. The van der Waals surface area contributed by atoms with Gasteiger partial charge in [-0.25, -0.2) is 0 Å². The number of hydrogen-bond donors (Lipinski definition) is 2. The van der Waals surface area contributed by atoms with Crippen LogP contribution >= 0.6 is 0 Å². The molecule has 1 unspecified atom stereocenters. The number of amides is 1. The number of benzene rings is 1. The molecule has 106 valence electrons. The molecule has 1 rings (SSSR count). The number of carbonyl (C=O) groups is 1. The zero-order chi connectivity index (χ0) is 14.6. The highest BCUT2D eigenvalue weighted by Crippen LogP contribution is 2.26. The van der Waals surface area contributed by atoms with E-state index in [4.69, 9.17) is 5.73 Å². The van der Waals surface area contributed by atoms with E-state index in [-0.39, 0.29) is 23.3 Å². The molecule has 0 aliphatic rings. The van der Waals surface area contributed by atoms with Crippen molar-refractivity contribution in [2.45, 2.75) is 52.1 Å². The fourth-order valence-corrected chi connectivity index (χ4v) is 1.91. The molecule has 1 amide bonds. The zero-order valence-corrected chi connectivity index (χ0v) is 12.6. The van der Waals surface area contributed by atoms with Gasteiger partial charge in [0, 0.05) is 11.5 Å². The van der Waals surface area contributed by atoms with Crippen LogP contribution in [0.25, 0.3) is 0 Å². The SMILES string of the molecule is CC(C)[C@H](N)C(=O)NC(C)C(C)(C)c1ccccc1. The van der Waals surface area contributed by atoms with Crippen LogP contribution in [0, 0.1) is 5.92 Å². The zero-order valence-electron chi connectivity index (χ0n) is 12.6. The van der Waals surface area contributed by atoms with Crippen LogP contribution in [0.5, 0.6) is 0 Å². The fraction of sp³-hybridized carbons (Fsp3) is 0.562. The number of nitrogens with one attached hydrogen (secondary N) is 1. The van der Waals surface area contributed by atoms with Gasteiger partial charge in [0.1, 0.15) is 0 Å². The maximum absolute atomic E-state index is 12.0. The van der Waals surface area contributed by atoms with Gasteiger partial charge < -0.3 is 11.1 Å². The van der Waals surface area contributed by atoms with Crippen LogP contribution < -0.4 is 11.1 Å². The first-order valence-corrected chi connectivity index (χ1v) is 6.88. The quantitative estimate of drug-likeness (QED) is 0.856. The summed E-state index contributed by atoms with van der Waals surface area (Å²) in [6.07, 6.45) is 0. The first-order valence-electron chi connectivity index (χ1n) is 6.88. The minimum Gasteiger partial charge on any atom is -0.351 e. The van der Waals surface area contributed by atoms with Crippen molar-refractivity contribution in [3.05, 3.63) is 35.9 Å². The summed E-state index contributed by atoms with van der Waals surface area (Å²) in [5, 5.41) is 3.04. The summed E-state index contributed by atoms with van der Waals surface area (Å²) in [6.45, 7) is 10.2. The smallest absolute Gasteiger partial charge is 0.237 e. The van der Waals surface area contributed by atoms with Gasteiger partial charge in [0.15, 0.2) is 0 Å². The van der Waals surface area contributed by atoms with Crippen molar-refractivity contribution in [3.63, 3.8) is 0 Å². The second kappa shape index (κ2) is 6.20. The van der Waals surface area contributed by atoms with Crippen LogP contribution in [-0.4, -0.2) is 18.0 Å². The molecular formula is C16H26N2O. The van der Waals surface area contributed by atoms with Crippen LogP contribution in [0.2, 0.25) is 0 Å². The van der Waals surface area contributed by atoms with E-state index in [1.807, 2.05) is 39.0 Å². The van der Waals surface area contributed by atoms with Gasteiger partial charge in [0.25, 0.3) is 0 Å². The molecular weight excluding hydrogens is 236 g/mol. The molecule has 1 aromatic rings. The molecule has 0 aliphatic heterocycles. The first-order chi connectivity index (χ1) is 8.76. The molecule has 0 saturated heterocycles. The van der Waals surface area contributed by atoms with Crippen molar-refractivity contribution in [1.82, 2.24) is 5.32 Å². The second-order valence-electron chi connectivity index (χ2n) is 6.09. The Hall–Kier alpha value is -1.35. The number of carbonyl (C=O) groups excluding carboxylic acids is 1. The van der Waals surface area contributed by atoms with Gasteiger partial charge in [0.05, 0.1) is 6.04 Å². The van der Waals surface area contributed by atoms with Gasteiger partial charge in [-0.15, -0.1) is 0 Å². The summed E-state index contributed by atoms with van der Waals surface area (Å²) < 4.78 is 0. The summed E-state index contributed by atoms with van der Waals surface area (Å²) in [5.41, 5.74) is 6.96. The normalized spacial score (nSPS) is 15.1. The Bertz CT molecular complexity index is 412. The lowest BCUT2D eigenvalue weighted by Gasteiger charge is -2.34. The predicted molar refractivity (Wildman–Crippen MR) is 79.9 cm³/mol. The van der Waals surface area contributed by atoms with Gasteiger partial charge in [-0.1, -0.05) is 58.0 Å². The van der Waals surface area contributed by atoms with Crippen molar-refractivity contribution in [2.75, 3.05) is 0 Å². The second-order valence-corrected chi connectivity index (χ2v) is 6.09. The Labute approximate surface area is 116 Å². The van der Waals surface area contributed by atoms with E-state index in [9.17, 15) is 4.79 Å². The van der Waals surface area contributed by atoms with Crippen molar-refractivity contribution in [3.8, 4) is 0 Å². The molecule has 2 atom stereocenters. The average Bonchev–Trinajstić information content (AvgIpc) is 2.38. The molecule has 19 heavy (non-hydrogen) atoms. The van der Waals surface area contributed by atoms with E-state index in [2.05, 4.69) is 31.3 Å². The van der Waals surface area contributed by atoms with E-state index in [1.165, 1.54) is 5.56 Å². The van der Waals surface area contributed by atoms with Crippen LogP contribution in [-0.2, 0) is 10.2 Å². The molecule has 0 fully saturated rings. The first kappa shape index (κ1) is 15.7. The topological polar surface area (TPSA) is 55.1 Å². The summed E-state index contributed by atoms with van der Waals surface area (Å²) in [5.74, 6) is 0.0681. The van der Waals surface area contributed by atoms with Gasteiger partial charge in [-0.2, -0.15) is 0 Å². The van der Waals surface area contributed by atoms with Gasteiger partial charge in [0.2, 0.25) is 5.91 Å². The molecule has 1 aromatic carbocycles. The molecule has 0 aliphatic carbocycles. The summed E-state index contributed by atoms with van der Waals surface area (Å²) in [7, 11) is 0. The van der Waals surface area contributed by atoms with Crippen LogP contribution in [0.3, 0.4) is 0 Å². The summed E-state index contributed by atoms with van der Waals surface area (Å²) in [4.78, 5) is 12.0. The average molecular weight is 262 g/mol. The standard InChI is InChI=1S/C16H26N2O/c1-11(2)14(17)15(19)18-12(3)16(4,5)13-9-7-6-8-10-13/h6-12,14H,17H2,1-5H3,(H,18,19)/t12?,14-/m0/s1.